The number of piperidine rings is 2. The summed E-state index contributed by atoms with van der Waals surface area (Å²) in [4.78, 5) is 17.0. The van der Waals surface area contributed by atoms with E-state index in [0.29, 0.717) is 17.5 Å². The maximum atomic E-state index is 12.7. The second-order valence-electron chi connectivity index (χ2n) is 6.15. The zero-order valence-electron chi connectivity index (χ0n) is 12.3. The SMILES string of the molecule is CN1CCCC2CN(C(=O)c3cc(Br)ccc3O)CCC21. The van der Waals surface area contributed by atoms with Crippen LogP contribution in [-0.2, 0) is 0 Å². The first kappa shape index (κ1) is 14.9. The lowest BCUT2D eigenvalue weighted by Crippen LogP contribution is -2.53. The number of hydrogen-bond donors (Lipinski definition) is 1. The minimum atomic E-state index is -0.0551. The predicted octanol–water partition coefficient (Wildman–Crippen LogP) is 2.71. The zero-order chi connectivity index (χ0) is 15.0. The Morgan fingerprint density at radius 3 is 2.95 bits per heavy atom. The fraction of sp³-hybridized carbons (Fsp3) is 0.562. The molecule has 2 aliphatic rings. The number of nitrogens with zero attached hydrogens (tertiary/aromatic N) is 2. The number of carbonyl (C=O) groups is 1. The molecule has 4 nitrogen and oxygen atoms in total. The fourth-order valence-corrected chi connectivity index (χ4v) is 4.05. The number of phenols is 1. The van der Waals surface area contributed by atoms with E-state index in [0.717, 1.165) is 24.0 Å². The van der Waals surface area contributed by atoms with Crippen LogP contribution >= 0.6 is 15.9 Å². The van der Waals surface area contributed by atoms with Crippen molar-refractivity contribution in [2.24, 2.45) is 5.92 Å². The Balaban J connectivity index is 1.76. The highest BCUT2D eigenvalue weighted by Gasteiger charge is 2.36. The Labute approximate surface area is 133 Å². The van der Waals surface area contributed by atoms with Crippen LogP contribution in [-0.4, -0.2) is 53.5 Å². The molecule has 21 heavy (non-hydrogen) atoms. The van der Waals surface area contributed by atoms with E-state index in [2.05, 4.69) is 27.9 Å². The number of carbonyl (C=O) groups excluding carboxylic acids is 1. The van der Waals surface area contributed by atoms with Crippen LogP contribution in [0.5, 0.6) is 5.75 Å². The van der Waals surface area contributed by atoms with Gasteiger partial charge in [-0.1, -0.05) is 15.9 Å². The fourth-order valence-electron chi connectivity index (χ4n) is 3.69. The number of amides is 1. The van der Waals surface area contributed by atoms with Gasteiger partial charge in [0, 0.05) is 23.6 Å². The molecule has 2 saturated heterocycles. The topological polar surface area (TPSA) is 43.8 Å². The monoisotopic (exact) mass is 352 g/mol. The van der Waals surface area contributed by atoms with Gasteiger partial charge in [-0.05, 0) is 57.0 Å². The predicted molar refractivity (Wildman–Crippen MR) is 85.5 cm³/mol. The van der Waals surface area contributed by atoms with Crippen molar-refractivity contribution in [3.8, 4) is 5.75 Å². The molecule has 5 heteroatoms. The van der Waals surface area contributed by atoms with Gasteiger partial charge < -0.3 is 14.9 Å². The van der Waals surface area contributed by atoms with E-state index in [1.807, 2.05) is 4.90 Å². The average molecular weight is 353 g/mol. The van der Waals surface area contributed by atoms with Crippen molar-refractivity contribution in [2.45, 2.75) is 25.3 Å². The standard InChI is InChI=1S/C16H21BrN2O2/c1-18-7-2-3-11-10-19(8-6-14(11)18)16(21)13-9-12(17)4-5-15(13)20/h4-5,9,11,14,20H,2-3,6-8,10H2,1H3. The molecule has 0 bridgehead atoms. The number of likely N-dealkylation sites (tertiary alicyclic amines) is 2. The molecule has 2 heterocycles. The Morgan fingerprint density at radius 2 is 2.14 bits per heavy atom. The minimum Gasteiger partial charge on any atom is -0.507 e. The molecule has 1 aromatic rings. The van der Waals surface area contributed by atoms with E-state index >= 15 is 0 Å². The van der Waals surface area contributed by atoms with Gasteiger partial charge in [0.15, 0.2) is 0 Å². The first-order chi connectivity index (χ1) is 10.1. The summed E-state index contributed by atoms with van der Waals surface area (Å²) in [5, 5.41) is 9.93. The highest BCUT2D eigenvalue weighted by atomic mass is 79.9. The molecule has 3 rings (SSSR count). The third-order valence-corrected chi connectivity index (χ3v) is 5.32. The average Bonchev–Trinajstić information content (AvgIpc) is 2.49. The number of rotatable bonds is 1. The molecule has 1 N–H and O–H groups in total. The van der Waals surface area contributed by atoms with Crippen LogP contribution in [0.3, 0.4) is 0 Å². The van der Waals surface area contributed by atoms with E-state index < -0.39 is 0 Å². The number of fused-ring (bicyclic) bond motifs is 1. The lowest BCUT2D eigenvalue weighted by Gasteiger charge is -2.46. The molecule has 0 aromatic heterocycles. The molecular weight excluding hydrogens is 332 g/mol. The van der Waals surface area contributed by atoms with Crippen molar-refractivity contribution >= 4 is 21.8 Å². The second kappa shape index (κ2) is 5.97. The zero-order valence-corrected chi connectivity index (χ0v) is 13.8. The summed E-state index contributed by atoms with van der Waals surface area (Å²) < 4.78 is 0.816. The van der Waals surface area contributed by atoms with Gasteiger partial charge in [-0.3, -0.25) is 4.79 Å². The van der Waals surface area contributed by atoms with Crippen LogP contribution in [0.25, 0.3) is 0 Å². The van der Waals surface area contributed by atoms with Gasteiger partial charge in [-0.25, -0.2) is 0 Å². The lowest BCUT2D eigenvalue weighted by atomic mass is 9.84. The Hall–Kier alpha value is -1.07. The van der Waals surface area contributed by atoms with Crippen LogP contribution in [0.1, 0.15) is 29.6 Å². The van der Waals surface area contributed by atoms with Crippen LogP contribution in [0.4, 0.5) is 0 Å². The largest absolute Gasteiger partial charge is 0.507 e. The Kier molecular flexibility index (Phi) is 4.22. The molecule has 2 atom stereocenters. The van der Waals surface area contributed by atoms with Crippen molar-refractivity contribution in [3.63, 3.8) is 0 Å². The van der Waals surface area contributed by atoms with Crippen molar-refractivity contribution < 1.29 is 9.90 Å². The summed E-state index contributed by atoms with van der Waals surface area (Å²) in [6.45, 7) is 2.75. The van der Waals surface area contributed by atoms with E-state index in [1.165, 1.54) is 19.4 Å². The van der Waals surface area contributed by atoms with Gasteiger partial charge in [-0.2, -0.15) is 0 Å². The third kappa shape index (κ3) is 2.94. The molecule has 0 radical (unpaired) electrons. The molecule has 2 unspecified atom stereocenters. The Morgan fingerprint density at radius 1 is 1.33 bits per heavy atom. The summed E-state index contributed by atoms with van der Waals surface area (Å²) in [6.07, 6.45) is 3.44. The molecule has 2 aliphatic heterocycles. The van der Waals surface area contributed by atoms with Crippen molar-refractivity contribution in [1.82, 2.24) is 9.80 Å². The highest BCUT2D eigenvalue weighted by Crippen LogP contribution is 2.31. The Bertz CT molecular complexity index is 549. The molecule has 0 spiro atoms. The number of hydrogen-bond acceptors (Lipinski definition) is 3. The maximum Gasteiger partial charge on any atom is 0.257 e. The molecule has 1 amide bonds. The summed E-state index contributed by atoms with van der Waals surface area (Å²) >= 11 is 3.36. The molecule has 114 valence electrons. The van der Waals surface area contributed by atoms with E-state index in [9.17, 15) is 9.90 Å². The second-order valence-corrected chi connectivity index (χ2v) is 7.07. The molecule has 0 saturated carbocycles. The van der Waals surface area contributed by atoms with Gasteiger partial charge in [0.05, 0.1) is 5.56 Å². The van der Waals surface area contributed by atoms with Crippen LogP contribution in [0.2, 0.25) is 0 Å². The molecule has 2 fully saturated rings. The van der Waals surface area contributed by atoms with Crippen LogP contribution in [0, 0.1) is 5.92 Å². The van der Waals surface area contributed by atoms with E-state index in [1.54, 1.807) is 18.2 Å². The first-order valence-electron chi connectivity index (χ1n) is 7.54. The van der Waals surface area contributed by atoms with E-state index in [-0.39, 0.29) is 11.7 Å². The van der Waals surface area contributed by atoms with E-state index in [4.69, 9.17) is 0 Å². The summed E-state index contributed by atoms with van der Waals surface area (Å²) in [7, 11) is 2.19. The summed E-state index contributed by atoms with van der Waals surface area (Å²) in [6, 6.07) is 5.63. The van der Waals surface area contributed by atoms with Crippen molar-refractivity contribution in [3.05, 3.63) is 28.2 Å². The summed E-state index contributed by atoms with van der Waals surface area (Å²) in [5.41, 5.74) is 0.395. The first-order valence-corrected chi connectivity index (χ1v) is 8.33. The number of halogens is 1. The molecule has 0 aliphatic carbocycles. The molecular formula is C16H21BrN2O2. The van der Waals surface area contributed by atoms with Gasteiger partial charge in [-0.15, -0.1) is 0 Å². The van der Waals surface area contributed by atoms with Crippen molar-refractivity contribution in [2.75, 3.05) is 26.7 Å². The quantitative estimate of drug-likeness (QED) is 0.844. The number of benzene rings is 1. The van der Waals surface area contributed by atoms with Gasteiger partial charge >= 0.3 is 0 Å². The maximum absolute atomic E-state index is 12.7. The lowest BCUT2D eigenvalue weighted by molar-refractivity contribution is 0.0315. The van der Waals surface area contributed by atoms with Gasteiger partial charge in [0.2, 0.25) is 0 Å². The normalized spacial score (nSPS) is 26.5. The number of phenolic OH excluding ortho intramolecular Hbond substituents is 1. The smallest absolute Gasteiger partial charge is 0.257 e. The van der Waals surface area contributed by atoms with Gasteiger partial charge in [0.1, 0.15) is 5.75 Å². The van der Waals surface area contributed by atoms with Crippen molar-refractivity contribution in [1.29, 1.82) is 0 Å². The molecule has 1 aromatic carbocycles. The van der Waals surface area contributed by atoms with Crippen LogP contribution in [0.15, 0.2) is 22.7 Å². The third-order valence-electron chi connectivity index (χ3n) is 4.82. The van der Waals surface area contributed by atoms with Crippen LogP contribution < -0.4 is 0 Å². The highest BCUT2D eigenvalue weighted by molar-refractivity contribution is 9.10. The number of aromatic hydroxyl groups is 1. The minimum absolute atomic E-state index is 0.0551. The van der Waals surface area contributed by atoms with Gasteiger partial charge in [0.25, 0.3) is 5.91 Å². The summed E-state index contributed by atoms with van der Waals surface area (Å²) in [5.74, 6) is 0.572.